The molecule has 0 fully saturated rings. The van der Waals surface area contributed by atoms with Gasteiger partial charge in [-0.15, -0.1) is 0 Å². The van der Waals surface area contributed by atoms with Crippen molar-refractivity contribution in [3.63, 3.8) is 0 Å². The molecule has 1 aliphatic rings. The standard InChI is InChI=1S/C13H16N4/c1-2-12-15-13(17-16-12)10-7-9-5-3-4-6-11(9)14-8-10/h3-6,10,14H,2,7-8H2,1H3,(H,15,16,17). The van der Waals surface area contributed by atoms with Gasteiger partial charge in [-0.3, -0.25) is 5.10 Å². The Hall–Kier alpha value is -1.84. The van der Waals surface area contributed by atoms with Gasteiger partial charge in [0.15, 0.2) is 5.82 Å². The fourth-order valence-corrected chi connectivity index (χ4v) is 2.27. The van der Waals surface area contributed by atoms with Crippen LogP contribution in [0.2, 0.25) is 0 Å². The molecule has 17 heavy (non-hydrogen) atoms. The molecule has 1 aliphatic heterocycles. The first-order valence-corrected chi connectivity index (χ1v) is 6.09. The van der Waals surface area contributed by atoms with Gasteiger partial charge in [-0.1, -0.05) is 25.1 Å². The van der Waals surface area contributed by atoms with Crippen LogP contribution in [0.15, 0.2) is 24.3 Å². The number of H-pyrrole nitrogens is 1. The zero-order chi connectivity index (χ0) is 11.7. The van der Waals surface area contributed by atoms with E-state index in [-0.39, 0.29) is 0 Å². The lowest BCUT2D eigenvalue weighted by Gasteiger charge is -2.24. The maximum atomic E-state index is 4.52. The molecule has 1 unspecified atom stereocenters. The van der Waals surface area contributed by atoms with Gasteiger partial charge in [0, 0.05) is 24.6 Å². The van der Waals surface area contributed by atoms with Gasteiger partial charge >= 0.3 is 0 Å². The quantitative estimate of drug-likeness (QED) is 0.827. The molecule has 0 saturated carbocycles. The monoisotopic (exact) mass is 228 g/mol. The van der Waals surface area contributed by atoms with Crippen LogP contribution in [-0.2, 0) is 12.8 Å². The summed E-state index contributed by atoms with van der Waals surface area (Å²) in [5.74, 6) is 2.28. The first-order valence-electron chi connectivity index (χ1n) is 6.09. The highest BCUT2D eigenvalue weighted by atomic mass is 15.2. The molecule has 0 saturated heterocycles. The fraction of sp³-hybridized carbons (Fsp3) is 0.385. The molecule has 4 heteroatoms. The Balaban J connectivity index is 1.84. The molecule has 0 radical (unpaired) electrons. The Morgan fingerprint density at radius 3 is 3.06 bits per heavy atom. The summed E-state index contributed by atoms with van der Waals surface area (Å²) >= 11 is 0. The van der Waals surface area contributed by atoms with Crippen LogP contribution in [0.4, 0.5) is 5.69 Å². The lowest BCUT2D eigenvalue weighted by atomic mass is 9.93. The van der Waals surface area contributed by atoms with Crippen LogP contribution in [-0.4, -0.2) is 21.7 Å². The molecule has 4 nitrogen and oxygen atoms in total. The molecule has 2 aromatic rings. The largest absolute Gasteiger partial charge is 0.384 e. The molecular weight excluding hydrogens is 212 g/mol. The topological polar surface area (TPSA) is 53.6 Å². The molecule has 2 N–H and O–H groups in total. The van der Waals surface area contributed by atoms with Crippen LogP contribution >= 0.6 is 0 Å². The number of para-hydroxylation sites is 1. The summed E-state index contributed by atoms with van der Waals surface area (Å²) in [6.45, 7) is 3.00. The van der Waals surface area contributed by atoms with Gasteiger partial charge in [0.2, 0.25) is 0 Å². The predicted molar refractivity (Wildman–Crippen MR) is 67.1 cm³/mol. The number of nitrogens with one attached hydrogen (secondary N) is 2. The van der Waals surface area contributed by atoms with Gasteiger partial charge in [0.1, 0.15) is 5.82 Å². The van der Waals surface area contributed by atoms with E-state index in [2.05, 4.69) is 51.7 Å². The van der Waals surface area contributed by atoms with Crippen LogP contribution in [0.1, 0.15) is 30.1 Å². The van der Waals surface area contributed by atoms with E-state index < -0.39 is 0 Å². The molecule has 1 aromatic heterocycles. The summed E-state index contributed by atoms with van der Waals surface area (Å²) in [5, 5.41) is 10.7. The van der Waals surface area contributed by atoms with Crippen LogP contribution in [0.3, 0.4) is 0 Å². The van der Waals surface area contributed by atoms with Crippen molar-refractivity contribution in [3.8, 4) is 0 Å². The van der Waals surface area contributed by atoms with E-state index in [0.717, 1.165) is 31.0 Å². The molecule has 2 heterocycles. The third-order valence-electron chi connectivity index (χ3n) is 3.27. The van der Waals surface area contributed by atoms with Crippen molar-refractivity contribution in [2.24, 2.45) is 0 Å². The van der Waals surface area contributed by atoms with Gasteiger partial charge in [-0.05, 0) is 18.1 Å². The average molecular weight is 228 g/mol. The maximum Gasteiger partial charge on any atom is 0.155 e. The van der Waals surface area contributed by atoms with Crippen molar-refractivity contribution >= 4 is 5.69 Å². The van der Waals surface area contributed by atoms with Gasteiger partial charge in [0.05, 0.1) is 0 Å². The highest BCUT2D eigenvalue weighted by Gasteiger charge is 2.22. The third-order valence-corrected chi connectivity index (χ3v) is 3.27. The number of nitrogens with zero attached hydrogens (tertiary/aromatic N) is 2. The summed E-state index contributed by atoms with van der Waals surface area (Å²) in [6.07, 6.45) is 1.92. The minimum atomic E-state index is 0.376. The smallest absolute Gasteiger partial charge is 0.155 e. The lowest BCUT2D eigenvalue weighted by Crippen LogP contribution is -2.22. The molecular formula is C13H16N4. The highest BCUT2D eigenvalue weighted by molar-refractivity contribution is 5.53. The number of fused-ring (bicyclic) bond motifs is 1. The van der Waals surface area contributed by atoms with E-state index in [9.17, 15) is 0 Å². The average Bonchev–Trinajstić information content (AvgIpc) is 2.87. The lowest BCUT2D eigenvalue weighted by molar-refractivity contribution is 0.651. The van der Waals surface area contributed by atoms with E-state index >= 15 is 0 Å². The zero-order valence-corrected chi connectivity index (χ0v) is 9.90. The molecule has 3 rings (SSSR count). The number of hydrogen-bond donors (Lipinski definition) is 2. The van der Waals surface area contributed by atoms with E-state index in [4.69, 9.17) is 0 Å². The zero-order valence-electron chi connectivity index (χ0n) is 9.90. The maximum absolute atomic E-state index is 4.52. The number of rotatable bonds is 2. The molecule has 0 amide bonds. The van der Waals surface area contributed by atoms with Crippen LogP contribution < -0.4 is 5.32 Å². The Morgan fingerprint density at radius 1 is 1.35 bits per heavy atom. The Morgan fingerprint density at radius 2 is 2.24 bits per heavy atom. The third kappa shape index (κ3) is 1.90. The number of anilines is 1. The first-order chi connectivity index (χ1) is 8.36. The summed E-state index contributed by atoms with van der Waals surface area (Å²) in [7, 11) is 0. The Bertz CT molecular complexity index is 518. The van der Waals surface area contributed by atoms with E-state index in [1.54, 1.807) is 0 Å². The number of hydrogen-bond acceptors (Lipinski definition) is 3. The van der Waals surface area contributed by atoms with Crippen molar-refractivity contribution in [2.75, 3.05) is 11.9 Å². The Labute approximate surface area is 100 Å². The van der Waals surface area contributed by atoms with Gasteiger partial charge in [0.25, 0.3) is 0 Å². The highest BCUT2D eigenvalue weighted by Crippen LogP contribution is 2.28. The molecule has 88 valence electrons. The van der Waals surface area contributed by atoms with Crippen LogP contribution in [0.5, 0.6) is 0 Å². The van der Waals surface area contributed by atoms with Gasteiger partial charge in [-0.2, -0.15) is 5.10 Å². The number of benzene rings is 1. The first kappa shape index (κ1) is 10.3. The summed E-state index contributed by atoms with van der Waals surface area (Å²) in [5.41, 5.74) is 2.60. The minimum absolute atomic E-state index is 0.376. The summed E-state index contributed by atoms with van der Waals surface area (Å²) in [4.78, 5) is 4.52. The molecule has 0 bridgehead atoms. The van der Waals surface area contributed by atoms with Crippen molar-refractivity contribution in [2.45, 2.75) is 25.7 Å². The van der Waals surface area contributed by atoms with Crippen molar-refractivity contribution in [1.29, 1.82) is 0 Å². The summed E-state index contributed by atoms with van der Waals surface area (Å²) in [6, 6.07) is 8.44. The summed E-state index contributed by atoms with van der Waals surface area (Å²) < 4.78 is 0. The van der Waals surface area contributed by atoms with Crippen molar-refractivity contribution in [1.82, 2.24) is 15.2 Å². The minimum Gasteiger partial charge on any atom is -0.384 e. The predicted octanol–water partition coefficient (Wildman–Crippen LogP) is 2.12. The SMILES string of the molecule is CCc1nc(C2CNc3ccccc3C2)n[nH]1. The molecule has 1 atom stereocenters. The molecule has 0 aliphatic carbocycles. The normalized spacial score (nSPS) is 18.5. The second-order valence-corrected chi connectivity index (χ2v) is 4.43. The Kier molecular flexibility index (Phi) is 2.55. The van der Waals surface area contributed by atoms with Crippen LogP contribution in [0, 0.1) is 0 Å². The van der Waals surface area contributed by atoms with E-state index in [0.29, 0.717) is 5.92 Å². The molecule has 0 spiro atoms. The fourth-order valence-electron chi connectivity index (χ4n) is 2.27. The second-order valence-electron chi connectivity index (χ2n) is 4.43. The van der Waals surface area contributed by atoms with E-state index in [1.807, 2.05) is 0 Å². The second kappa shape index (κ2) is 4.20. The number of aromatic nitrogens is 3. The van der Waals surface area contributed by atoms with Crippen molar-refractivity contribution < 1.29 is 0 Å². The van der Waals surface area contributed by atoms with Gasteiger partial charge in [-0.25, -0.2) is 4.98 Å². The van der Waals surface area contributed by atoms with Gasteiger partial charge < -0.3 is 5.32 Å². The van der Waals surface area contributed by atoms with Crippen molar-refractivity contribution in [3.05, 3.63) is 41.5 Å². The number of aromatic amines is 1. The van der Waals surface area contributed by atoms with E-state index in [1.165, 1.54) is 11.3 Å². The number of aryl methyl sites for hydroxylation is 1. The van der Waals surface area contributed by atoms with Crippen LogP contribution in [0.25, 0.3) is 0 Å². The molecule has 1 aromatic carbocycles.